The highest BCUT2D eigenvalue weighted by Crippen LogP contribution is 2.36. The van der Waals surface area contributed by atoms with Gasteiger partial charge < -0.3 is 19.7 Å². The van der Waals surface area contributed by atoms with Crippen LogP contribution < -0.4 is 4.74 Å². The van der Waals surface area contributed by atoms with Crippen molar-refractivity contribution < 1.29 is 37.1 Å². The number of carbonyl (C=O) groups is 1. The fourth-order valence-corrected chi connectivity index (χ4v) is 3.01. The Labute approximate surface area is 157 Å². The largest absolute Gasteiger partial charge is 0.504 e. The summed E-state index contributed by atoms with van der Waals surface area (Å²) in [5, 5.41) is 19.4. The van der Waals surface area contributed by atoms with E-state index in [-0.39, 0.29) is 54.1 Å². The van der Waals surface area contributed by atoms with Crippen molar-refractivity contribution in [1.29, 1.82) is 0 Å². The number of aromatic hydroxyl groups is 2. The van der Waals surface area contributed by atoms with Crippen molar-refractivity contribution in [1.82, 2.24) is 0 Å². The lowest BCUT2D eigenvalue weighted by atomic mass is 10.2. The Hall–Kier alpha value is -2.62. The average molecular weight is 396 g/mol. The molecule has 0 saturated heterocycles. The molecule has 146 valence electrons. The molecule has 0 heterocycles. The van der Waals surface area contributed by atoms with Gasteiger partial charge in [0.05, 0.1) is 24.7 Å². The quantitative estimate of drug-likeness (QED) is 0.356. The molecule has 2 rings (SSSR count). The fourth-order valence-electron chi connectivity index (χ4n) is 2.12. The number of phenolic OH excluding ortho intramolecular Hbond substituents is 2. The SMILES string of the molecule is Cc1ccc(S(=O)(=O)OCCOCCOc2c(O)cc(C=O)cc2O)cc1. The summed E-state index contributed by atoms with van der Waals surface area (Å²) in [6, 6.07) is 8.61. The Balaban J connectivity index is 1.71. The number of hydrogen-bond donors (Lipinski definition) is 2. The Morgan fingerprint density at radius 3 is 2.15 bits per heavy atom. The summed E-state index contributed by atoms with van der Waals surface area (Å²) >= 11 is 0. The lowest BCUT2D eigenvalue weighted by Gasteiger charge is -2.11. The van der Waals surface area contributed by atoms with Crippen molar-refractivity contribution in [3.63, 3.8) is 0 Å². The summed E-state index contributed by atoms with van der Waals surface area (Å²) in [4.78, 5) is 10.7. The first kappa shape index (κ1) is 20.7. The molecule has 0 unspecified atom stereocenters. The lowest BCUT2D eigenvalue weighted by molar-refractivity contribution is 0.0764. The van der Waals surface area contributed by atoms with Crippen LogP contribution in [0.3, 0.4) is 0 Å². The molecule has 2 aromatic carbocycles. The third-order valence-electron chi connectivity index (χ3n) is 3.46. The molecule has 0 aromatic heterocycles. The first-order valence-electron chi connectivity index (χ1n) is 8.01. The van der Waals surface area contributed by atoms with Crippen molar-refractivity contribution in [2.24, 2.45) is 0 Å². The summed E-state index contributed by atoms with van der Waals surface area (Å²) in [6.07, 6.45) is 0.483. The first-order valence-corrected chi connectivity index (χ1v) is 9.42. The summed E-state index contributed by atoms with van der Waals surface area (Å²) in [6.45, 7) is 1.76. The maximum atomic E-state index is 12.0. The molecular weight excluding hydrogens is 376 g/mol. The van der Waals surface area contributed by atoms with Crippen molar-refractivity contribution >= 4 is 16.4 Å². The molecular formula is C18H20O8S. The molecule has 0 saturated carbocycles. The van der Waals surface area contributed by atoms with Gasteiger partial charge in [-0.15, -0.1) is 0 Å². The molecule has 2 aromatic rings. The van der Waals surface area contributed by atoms with Crippen LogP contribution in [0.15, 0.2) is 41.3 Å². The summed E-state index contributed by atoms with van der Waals surface area (Å²) in [5.74, 6) is -0.906. The van der Waals surface area contributed by atoms with Crippen LogP contribution in [0.1, 0.15) is 15.9 Å². The van der Waals surface area contributed by atoms with E-state index < -0.39 is 10.1 Å². The number of phenols is 2. The topological polar surface area (TPSA) is 119 Å². The smallest absolute Gasteiger partial charge is 0.297 e. The van der Waals surface area contributed by atoms with E-state index in [1.165, 1.54) is 12.1 Å². The van der Waals surface area contributed by atoms with Crippen LogP contribution in [0.2, 0.25) is 0 Å². The second kappa shape index (κ2) is 9.36. The Kier molecular flexibility index (Phi) is 7.17. The number of aldehydes is 1. The van der Waals surface area contributed by atoms with E-state index in [4.69, 9.17) is 13.7 Å². The van der Waals surface area contributed by atoms with Gasteiger partial charge in [-0.25, -0.2) is 0 Å². The molecule has 0 spiro atoms. The maximum Gasteiger partial charge on any atom is 0.297 e. The molecule has 0 aliphatic carbocycles. The van der Waals surface area contributed by atoms with Crippen LogP contribution in [-0.2, 0) is 19.0 Å². The molecule has 0 bridgehead atoms. The Morgan fingerprint density at radius 2 is 1.56 bits per heavy atom. The Morgan fingerprint density at radius 1 is 0.963 bits per heavy atom. The molecule has 27 heavy (non-hydrogen) atoms. The van der Waals surface area contributed by atoms with Crippen LogP contribution in [0.4, 0.5) is 0 Å². The van der Waals surface area contributed by atoms with Gasteiger partial charge in [0.2, 0.25) is 5.75 Å². The van der Waals surface area contributed by atoms with Crippen molar-refractivity contribution in [2.45, 2.75) is 11.8 Å². The monoisotopic (exact) mass is 396 g/mol. The van der Waals surface area contributed by atoms with E-state index in [1.807, 2.05) is 6.92 Å². The van der Waals surface area contributed by atoms with Crippen LogP contribution in [0.25, 0.3) is 0 Å². The molecule has 0 amide bonds. The van der Waals surface area contributed by atoms with Gasteiger partial charge in [0.1, 0.15) is 12.9 Å². The van der Waals surface area contributed by atoms with Gasteiger partial charge >= 0.3 is 0 Å². The number of aryl methyl sites for hydroxylation is 1. The maximum absolute atomic E-state index is 12.0. The van der Waals surface area contributed by atoms with E-state index in [2.05, 4.69) is 0 Å². The Bertz CT molecular complexity index is 852. The normalized spacial score (nSPS) is 11.3. The van der Waals surface area contributed by atoms with Crippen LogP contribution in [0, 0.1) is 6.92 Å². The molecule has 2 N–H and O–H groups in total. The summed E-state index contributed by atoms with van der Waals surface area (Å²) in [7, 11) is -3.84. The standard InChI is InChI=1S/C18H20O8S/c1-13-2-4-15(5-3-13)27(22,23)26-9-7-24-6-8-25-18-16(20)10-14(12-19)11-17(18)21/h2-5,10-12,20-21H,6-9H2,1H3. The first-order chi connectivity index (χ1) is 12.8. The summed E-state index contributed by atoms with van der Waals surface area (Å²) in [5.41, 5.74) is 1.05. The van der Waals surface area contributed by atoms with E-state index in [0.717, 1.165) is 17.7 Å². The lowest BCUT2D eigenvalue weighted by Crippen LogP contribution is -2.14. The van der Waals surface area contributed by atoms with Crippen molar-refractivity contribution in [3.8, 4) is 17.2 Å². The van der Waals surface area contributed by atoms with Crippen molar-refractivity contribution in [3.05, 3.63) is 47.5 Å². The predicted octanol–water partition coefficient (Wildman–Crippen LogP) is 2.02. The number of carbonyl (C=O) groups excluding carboxylic acids is 1. The average Bonchev–Trinajstić information content (AvgIpc) is 2.62. The highest BCUT2D eigenvalue weighted by molar-refractivity contribution is 7.86. The fraction of sp³-hybridized carbons (Fsp3) is 0.278. The van der Waals surface area contributed by atoms with Crippen molar-refractivity contribution in [2.75, 3.05) is 26.4 Å². The second-order valence-electron chi connectivity index (χ2n) is 5.56. The molecule has 9 heteroatoms. The predicted molar refractivity (Wildman–Crippen MR) is 95.8 cm³/mol. The second-order valence-corrected chi connectivity index (χ2v) is 7.17. The van der Waals surface area contributed by atoms with Gasteiger partial charge in [0.15, 0.2) is 11.5 Å². The van der Waals surface area contributed by atoms with Crippen LogP contribution in [0.5, 0.6) is 17.2 Å². The minimum Gasteiger partial charge on any atom is -0.504 e. The van der Waals surface area contributed by atoms with Crippen LogP contribution >= 0.6 is 0 Å². The zero-order valence-electron chi connectivity index (χ0n) is 14.6. The van der Waals surface area contributed by atoms with Gasteiger partial charge in [0.25, 0.3) is 10.1 Å². The minimum absolute atomic E-state index is 0.00767. The van der Waals surface area contributed by atoms with E-state index >= 15 is 0 Å². The number of ether oxygens (including phenoxy) is 2. The summed E-state index contributed by atoms with van der Waals surface area (Å²) < 4.78 is 39.2. The molecule has 0 atom stereocenters. The highest BCUT2D eigenvalue weighted by atomic mass is 32.2. The zero-order chi connectivity index (χ0) is 19.9. The molecule has 0 aliphatic rings. The van der Waals surface area contributed by atoms with Gasteiger partial charge in [-0.05, 0) is 31.2 Å². The molecule has 0 fully saturated rings. The molecule has 0 radical (unpaired) electrons. The highest BCUT2D eigenvalue weighted by Gasteiger charge is 2.14. The zero-order valence-corrected chi connectivity index (χ0v) is 15.4. The van der Waals surface area contributed by atoms with Gasteiger partial charge in [0, 0.05) is 5.56 Å². The van der Waals surface area contributed by atoms with Gasteiger partial charge in [-0.3, -0.25) is 8.98 Å². The van der Waals surface area contributed by atoms with Gasteiger partial charge in [-0.2, -0.15) is 8.42 Å². The third-order valence-corrected chi connectivity index (χ3v) is 4.78. The number of rotatable bonds is 10. The van der Waals surface area contributed by atoms with Crippen LogP contribution in [-0.4, -0.2) is 51.3 Å². The van der Waals surface area contributed by atoms with E-state index in [9.17, 15) is 23.4 Å². The third kappa shape index (κ3) is 5.95. The molecule has 0 aliphatic heterocycles. The van der Waals surface area contributed by atoms with Gasteiger partial charge in [-0.1, -0.05) is 17.7 Å². The number of hydrogen-bond acceptors (Lipinski definition) is 8. The van der Waals surface area contributed by atoms with E-state index in [1.54, 1.807) is 12.1 Å². The molecule has 8 nitrogen and oxygen atoms in total. The number of benzene rings is 2. The minimum atomic E-state index is -3.84. The van der Waals surface area contributed by atoms with E-state index in [0.29, 0.717) is 6.29 Å².